The molecule has 3 heteroatoms. The number of fused-ring (bicyclic) bond motifs is 1. The molecule has 2 aromatic carbocycles. The average Bonchev–Trinajstić information content (AvgIpc) is 2.43. The molecule has 0 amide bonds. The second-order valence-electron chi connectivity index (χ2n) is 4.06. The molecule has 0 aliphatic heterocycles. The first-order chi connectivity index (χ1) is 8.77. The molecule has 0 spiro atoms. The number of halogens is 1. The molecule has 0 bridgehead atoms. The van der Waals surface area contributed by atoms with Gasteiger partial charge in [0.05, 0.1) is 12.5 Å². The van der Waals surface area contributed by atoms with Crippen molar-refractivity contribution in [3.8, 4) is 5.75 Å². The third kappa shape index (κ3) is 2.49. The molecule has 0 saturated heterocycles. The highest BCUT2D eigenvalue weighted by Crippen LogP contribution is 2.29. The van der Waals surface area contributed by atoms with Gasteiger partial charge in [0.15, 0.2) is 5.78 Å². The molecule has 94 valence electrons. The fourth-order valence-electron chi connectivity index (χ4n) is 1.92. The van der Waals surface area contributed by atoms with E-state index in [1.54, 1.807) is 6.07 Å². The minimum Gasteiger partial charge on any atom is -0.493 e. The zero-order valence-corrected chi connectivity index (χ0v) is 11.0. The van der Waals surface area contributed by atoms with Crippen molar-refractivity contribution in [2.75, 3.05) is 12.5 Å². The Morgan fingerprint density at radius 1 is 1.17 bits per heavy atom. The Kier molecular flexibility index (Phi) is 4.21. The van der Waals surface area contributed by atoms with Crippen LogP contribution in [-0.2, 0) is 0 Å². The Labute approximate surface area is 112 Å². The Morgan fingerprint density at radius 3 is 2.56 bits per heavy atom. The molecule has 0 aromatic heterocycles. The van der Waals surface area contributed by atoms with Crippen LogP contribution < -0.4 is 4.74 Å². The lowest BCUT2D eigenvalue weighted by atomic mass is 10.0. The number of benzene rings is 2. The Morgan fingerprint density at radius 2 is 1.89 bits per heavy atom. The zero-order chi connectivity index (χ0) is 13.0. The van der Waals surface area contributed by atoms with E-state index < -0.39 is 0 Å². The molecule has 2 aromatic rings. The smallest absolute Gasteiger partial charge is 0.178 e. The molecular formula is C15H15ClO2. The standard InChI is InChI=1S/C15H15ClO2/c1-2-9-18-15-8-7-12(14(17)10-16)11-5-3-4-6-13(11)15/h3-8H,2,9-10H2,1H3. The second-order valence-corrected chi connectivity index (χ2v) is 4.33. The fraction of sp³-hybridized carbons (Fsp3) is 0.267. The summed E-state index contributed by atoms with van der Waals surface area (Å²) in [5, 5.41) is 1.86. The van der Waals surface area contributed by atoms with Crippen molar-refractivity contribution in [2.45, 2.75) is 13.3 Å². The van der Waals surface area contributed by atoms with Gasteiger partial charge in [-0.25, -0.2) is 0 Å². The van der Waals surface area contributed by atoms with Crippen molar-refractivity contribution in [3.05, 3.63) is 42.0 Å². The average molecular weight is 263 g/mol. The van der Waals surface area contributed by atoms with Gasteiger partial charge in [0.1, 0.15) is 5.75 Å². The first kappa shape index (κ1) is 12.9. The van der Waals surface area contributed by atoms with E-state index in [9.17, 15) is 4.79 Å². The summed E-state index contributed by atoms with van der Waals surface area (Å²) in [4.78, 5) is 11.8. The number of rotatable bonds is 5. The molecule has 18 heavy (non-hydrogen) atoms. The lowest BCUT2D eigenvalue weighted by molar-refractivity contribution is 0.102. The van der Waals surface area contributed by atoms with Gasteiger partial charge >= 0.3 is 0 Å². The maximum Gasteiger partial charge on any atom is 0.178 e. The minimum atomic E-state index is -0.0603. The molecule has 0 atom stereocenters. The van der Waals surface area contributed by atoms with E-state index in [1.165, 1.54) is 0 Å². The van der Waals surface area contributed by atoms with E-state index in [0.29, 0.717) is 12.2 Å². The van der Waals surface area contributed by atoms with Crippen LogP contribution in [0.15, 0.2) is 36.4 Å². The van der Waals surface area contributed by atoms with Crippen LogP contribution in [0.4, 0.5) is 0 Å². The highest BCUT2D eigenvalue weighted by Gasteiger charge is 2.11. The van der Waals surface area contributed by atoms with Gasteiger partial charge in [-0.1, -0.05) is 31.2 Å². The number of hydrogen-bond donors (Lipinski definition) is 0. The minimum absolute atomic E-state index is 0.000835. The summed E-state index contributed by atoms with van der Waals surface area (Å²) in [6.45, 7) is 2.74. The molecule has 0 unspecified atom stereocenters. The highest BCUT2D eigenvalue weighted by molar-refractivity contribution is 6.32. The number of ether oxygens (including phenoxy) is 1. The molecule has 0 fully saturated rings. The van der Waals surface area contributed by atoms with Gasteiger partial charge < -0.3 is 4.74 Å². The summed E-state index contributed by atoms with van der Waals surface area (Å²) in [5.74, 6) is 0.757. The van der Waals surface area contributed by atoms with Crippen molar-refractivity contribution in [1.29, 1.82) is 0 Å². The van der Waals surface area contributed by atoms with E-state index in [-0.39, 0.29) is 11.7 Å². The van der Waals surface area contributed by atoms with Crippen molar-refractivity contribution >= 4 is 28.2 Å². The molecule has 0 saturated carbocycles. The first-order valence-corrected chi connectivity index (χ1v) is 6.55. The van der Waals surface area contributed by atoms with Gasteiger partial charge in [0, 0.05) is 10.9 Å². The molecular weight excluding hydrogens is 248 g/mol. The third-order valence-corrected chi connectivity index (χ3v) is 3.01. The highest BCUT2D eigenvalue weighted by atomic mass is 35.5. The monoisotopic (exact) mass is 262 g/mol. The van der Waals surface area contributed by atoms with Gasteiger partial charge in [-0.15, -0.1) is 11.6 Å². The maximum absolute atomic E-state index is 11.8. The van der Waals surface area contributed by atoms with E-state index in [1.807, 2.05) is 30.3 Å². The summed E-state index contributed by atoms with van der Waals surface area (Å²) < 4.78 is 5.69. The van der Waals surface area contributed by atoms with Crippen LogP contribution in [0.1, 0.15) is 23.7 Å². The quantitative estimate of drug-likeness (QED) is 0.600. The van der Waals surface area contributed by atoms with Gasteiger partial charge in [0.2, 0.25) is 0 Å². The van der Waals surface area contributed by atoms with Crippen molar-refractivity contribution in [3.63, 3.8) is 0 Å². The van der Waals surface area contributed by atoms with Crippen LogP contribution in [0.2, 0.25) is 0 Å². The topological polar surface area (TPSA) is 26.3 Å². The Bertz CT molecular complexity index is 563. The van der Waals surface area contributed by atoms with Crippen LogP contribution in [0.25, 0.3) is 10.8 Å². The summed E-state index contributed by atoms with van der Waals surface area (Å²) in [7, 11) is 0. The van der Waals surface area contributed by atoms with Gasteiger partial charge in [-0.3, -0.25) is 4.79 Å². The number of carbonyl (C=O) groups is 1. The summed E-state index contributed by atoms with van der Waals surface area (Å²) >= 11 is 5.63. The SMILES string of the molecule is CCCOc1ccc(C(=O)CCl)c2ccccc12. The fourth-order valence-corrected chi connectivity index (χ4v) is 2.07. The first-order valence-electron chi connectivity index (χ1n) is 6.01. The van der Waals surface area contributed by atoms with Crippen LogP contribution >= 0.6 is 11.6 Å². The van der Waals surface area contributed by atoms with Crippen molar-refractivity contribution in [1.82, 2.24) is 0 Å². The van der Waals surface area contributed by atoms with E-state index in [2.05, 4.69) is 6.92 Å². The van der Waals surface area contributed by atoms with E-state index in [0.717, 1.165) is 22.9 Å². The number of ketones is 1. The second kappa shape index (κ2) is 5.87. The maximum atomic E-state index is 11.8. The van der Waals surface area contributed by atoms with Crippen LogP contribution in [-0.4, -0.2) is 18.3 Å². The number of carbonyl (C=O) groups excluding carboxylic acids is 1. The van der Waals surface area contributed by atoms with Crippen molar-refractivity contribution in [2.24, 2.45) is 0 Å². The summed E-state index contributed by atoms with van der Waals surface area (Å²) in [5.41, 5.74) is 0.657. The molecule has 0 heterocycles. The Hall–Kier alpha value is -1.54. The van der Waals surface area contributed by atoms with Gasteiger partial charge in [-0.2, -0.15) is 0 Å². The zero-order valence-electron chi connectivity index (χ0n) is 10.3. The number of hydrogen-bond acceptors (Lipinski definition) is 2. The molecule has 0 radical (unpaired) electrons. The lowest BCUT2D eigenvalue weighted by Crippen LogP contribution is -2.03. The van der Waals surface area contributed by atoms with E-state index in [4.69, 9.17) is 16.3 Å². The van der Waals surface area contributed by atoms with Crippen LogP contribution in [0.3, 0.4) is 0 Å². The lowest BCUT2D eigenvalue weighted by Gasteiger charge is -2.11. The molecule has 0 aliphatic carbocycles. The van der Waals surface area contributed by atoms with Gasteiger partial charge in [0.25, 0.3) is 0 Å². The van der Waals surface area contributed by atoms with E-state index >= 15 is 0 Å². The van der Waals surface area contributed by atoms with Crippen LogP contribution in [0.5, 0.6) is 5.75 Å². The molecule has 2 rings (SSSR count). The normalized spacial score (nSPS) is 10.6. The predicted molar refractivity (Wildman–Crippen MR) is 74.8 cm³/mol. The largest absolute Gasteiger partial charge is 0.493 e. The molecule has 2 nitrogen and oxygen atoms in total. The number of Topliss-reactive ketones (excluding diaryl/α,β-unsaturated/α-hetero) is 1. The third-order valence-electron chi connectivity index (χ3n) is 2.77. The molecule has 0 N–H and O–H groups in total. The summed E-state index contributed by atoms with van der Waals surface area (Å²) in [6.07, 6.45) is 0.955. The molecule has 0 aliphatic rings. The van der Waals surface area contributed by atoms with Gasteiger partial charge in [-0.05, 0) is 23.9 Å². The van der Waals surface area contributed by atoms with Crippen molar-refractivity contribution < 1.29 is 9.53 Å². The predicted octanol–water partition coefficient (Wildman–Crippen LogP) is 4.05. The summed E-state index contributed by atoms with van der Waals surface area (Å²) in [6, 6.07) is 11.4. The Balaban J connectivity index is 2.55. The number of alkyl halides is 1. The van der Waals surface area contributed by atoms with Crippen LogP contribution in [0, 0.1) is 0 Å².